The fourth-order valence-electron chi connectivity index (χ4n) is 1.28. The molecule has 0 bridgehead atoms. The number of aryl methyl sites for hydroxylation is 1. The van der Waals surface area contributed by atoms with Crippen molar-refractivity contribution in [1.82, 2.24) is 4.98 Å². The van der Waals surface area contributed by atoms with Crippen LogP contribution >= 0.6 is 11.3 Å². The maximum Gasteiger partial charge on any atom is 0.425 e. The van der Waals surface area contributed by atoms with Gasteiger partial charge in [-0.25, -0.2) is 0 Å². The average molecular weight is 231 g/mol. The third kappa shape index (κ3) is 2.07. The molecule has 2 aromatic rings. The molecule has 0 radical (unpaired) electrons. The van der Waals surface area contributed by atoms with Gasteiger partial charge in [0.15, 0.2) is 0 Å². The molecular formula is C10H8F3NS. The number of nitrogens with one attached hydrogen (secondary N) is 1. The molecule has 0 atom stereocenters. The Hall–Kier alpha value is -1.23. The van der Waals surface area contributed by atoms with Crippen molar-refractivity contribution in [3.05, 3.63) is 34.8 Å². The number of hydrogen-bond acceptors (Lipinski definition) is 1. The van der Waals surface area contributed by atoms with E-state index in [2.05, 4.69) is 4.98 Å². The van der Waals surface area contributed by atoms with Gasteiger partial charge in [0.05, 0.1) is 10.6 Å². The number of halogens is 3. The summed E-state index contributed by atoms with van der Waals surface area (Å²) in [6.07, 6.45) is -2.48. The number of alkyl halides is 3. The summed E-state index contributed by atoms with van der Waals surface area (Å²) in [5, 5.41) is 0. The van der Waals surface area contributed by atoms with E-state index in [4.69, 9.17) is 0 Å². The summed E-state index contributed by atoms with van der Waals surface area (Å²) in [5.74, 6) is 0. The molecule has 1 nitrogen and oxygen atoms in total. The van der Waals surface area contributed by atoms with E-state index in [1.165, 1.54) is 6.07 Å². The summed E-state index contributed by atoms with van der Waals surface area (Å²) in [6, 6.07) is 4.42. The molecule has 0 saturated carbocycles. The molecule has 0 aromatic carbocycles. The number of aromatic amines is 1. The van der Waals surface area contributed by atoms with Gasteiger partial charge in [-0.05, 0) is 30.7 Å². The first-order chi connectivity index (χ1) is 6.97. The highest BCUT2D eigenvalue weighted by Crippen LogP contribution is 2.37. The average Bonchev–Trinajstić information content (AvgIpc) is 2.69. The second kappa shape index (κ2) is 3.41. The molecule has 5 heteroatoms. The van der Waals surface area contributed by atoms with Gasteiger partial charge in [0.2, 0.25) is 0 Å². The number of rotatable bonds is 1. The molecule has 0 unspecified atom stereocenters. The monoisotopic (exact) mass is 231 g/mol. The highest BCUT2D eigenvalue weighted by molar-refractivity contribution is 7.15. The molecule has 2 heterocycles. The number of hydrogen-bond donors (Lipinski definition) is 1. The van der Waals surface area contributed by atoms with Crippen molar-refractivity contribution < 1.29 is 13.2 Å². The molecule has 0 aliphatic rings. The molecule has 2 rings (SSSR count). The molecular weight excluding hydrogens is 223 g/mol. The van der Waals surface area contributed by atoms with E-state index in [0.29, 0.717) is 4.88 Å². The fraction of sp³-hybridized carbons (Fsp3) is 0.200. The molecule has 2 aromatic heterocycles. The van der Waals surface area contributed by atoms with E-state index in [-0.39, 0.29) is 0 Å². The molecule has 0 aliphatic heterocycles. The van der Waals surface area contributed by atoms with Crippen molar-refractivity contribution in [2.75, 3.05) is 0 Å². The topological polar surface area (TPSA) is 15.8 Å². The van der Waals surface area contributed by atoms with Crippen molar-refractivity contribution in [2.24, 2.45) is 0 Å². The van der Waals surface area contributed by atoms with Crippen molar-refractivity contribution in [3.8, 4) is 10.6 Å². The smallest absolute Gasteiger partial charge is 0.360 e. The maximum absolute atomic E-state index is 12.3. The first-order valence-electron chi connectivity index (χ1n) is 4.29. The third-order valence-corrected chi connectivity index (χ3v) is 3.14. The van der Waals surface area contributed by atoms with Crippen molar-refractivity contribution in [1.29, 1.82) is 0 Å². The van der Waals surface area contributed by atoms with Crippen LogP contribution < -0.4 is 0 Å². The van der Waals surface area contributed by atoms with Crippen LogP contribution in [0.1, 0.15) is 10.4 Å². The Balaban J connectivity index is 2.36. The van der Waals surface area contributed by atoms with Crippen LogP contribution in [0.3, 0.4) is 0 Å². The van der Waals surface area contributed by atoms with Gasteiger partial charge in [0, 0.05) is 6.20 Å². The standard InChI is InChI=1S/C10H8F3NS/c1-6-4-7(14-5-6)8-2-3-9(15-8)10(11,12)13/h2-5,14H,1H3. The van der Waals surface area contributed by atoms with Crippen LogP contribution in [-0.4, -0.2) is 4.98 Å². The molecule has 80 valence electrons. The molecule has 15 heavy (non-hydrogen) atoms. The lowest BCUT2D eigenvalue weighted by Gasteiger charge is -2.00. The lowest BCUT2D eigenvalue weighted by molar-refractivity contribution is -0.134. The Labute approximate surface area is 88.6 Å². The van der Waals surface area contributed by atoms with Crippen molar-refractivity contribution in [3.63, 3.8) is 0 Å². The molecule has 0 fully saturated rings. The zero-order chi connectivity index (χ0) is 11.1. The highest BCUT2D eigenvalue weighted by Gasteiger charge is 2.32. The van der Waals surface area contributed by atoms with Crippen molar-refractivity contribution in [2.45, 2.75) is 13.1 Å². The van der Waals surface area contributed by atoms with Gasteiger partial charge in [0.1, 0.15) is 4.88 Å². The van der Waals surface area contributed by atoms with E-state index < -0.39 is 11.1 Å². The number of aromatic nitrogens is 1. The van der Waals surface area contributed by atoms with Gasteiger partial charge in [-0.2, -0.15) is 13.2 Å². The maximum atomic E-state index is 12.3. The van der Waals surface area contributed by atoms with Crippen LogP contribution in [0.2, 0.25) is 0 Å². The van der Waals surface area contributed by atoms with Gasteiger partial charge >= 0.3 is 6.18 Å². The fourth-order valence-corrected chi connectivity index (χ4v) is 2.13. The zero-order valence-corrected chi connectivity index (χ0v) is 8.67. The van der Waals surface area contributed by atoms with Crippen LogP contribution in [0.4, 0.5) is 13.2 Å². The Morgan fingerprint density at radius 1 is 1.27 bits per heavy atom. The number of H-pyrrole nitrogens is 1. The quantitative estimate of drug-likeness (QED) is 0.761. The zero-order valence-electron chi connectivity index (χ0n) is 7.85. The molecule has 0 spiro atoms. The van der Waals surface area contributed by atoms with Gasteiger partial charge in [0.25, 0.3) is 0 Å². The number of thiophene rings is 1. The van der Waals surface area contributed by atoms with Crippen molar-refractivity contribution >= 4 is 11.3 Å². The van der Waals surface area contributed by atoms with Crippen LogP contribution in [0.15, 0.2) is 24.4 Å². The molecule has 0 aliphatic carbocycles. The first-order valence-corrected chi connectivity index (χ1v) is 5.11. The van der Waals surface area contributed by atoms with Crippen LogP contribution in [0.5, 0.6) is 0 Å². The second-order valence-electron chi connectivity index (χ2n) is 3.25. The predicted octanol–water partition coefficient (Wildman–Crippen LogP) is 4.07. The minimum atomic E-state index is -4.25. The Morgan fingerprint density at radius 2 is 2.00 bits per heavy atom. The van der Waals surface area contributed by atoms with Gasteiger partial charge in [-0.15, -0.1) is 11.3 Å². The summed E-state index contributed by atoms with van der Waals surface area (Å²) in [6.45, 7) is 1.89. The minimum Gasteiger partial charge on any atom is -0.360 e. The van der Waals surface area contributed by atoms with E-state index in [9.17, 15) is 13.2 Å². The van der Waals surface area contributed by atoms with E-state index >= 15 is 0 Å². The van der Waals surface area contributed by atoms with Crippen LogP contribution in [0, 0.1) is 6.92 Å². The Kier molecular flexibility index (Phi) is 2.34. The largest absolute Gasteiger partial charge is 0.425 e. The van der Waals surface area contributed by atoms with Gasteiger partial charge < -0.3 is 4.98 Å². The summed E-state index contributed by atoms with van der Waals surface area (Å²) in [4.78, 5) is 2.97. The van der Waals surface area contributed by atoms with Gasteiger partial charge in [-0.3, -0.25) is 0 Å². The van der Waals surface area contributed by atoms with E-state index in [1.54, 1.807) is 6.20 Å². The highest BCUT2D eigenvalue weighted by atomic mass is 32.1. The molecule has 0 amide bonds. The SMILES string of the molecule is Cc1c[nH]c(-c2ccc(C(F)(F)F)s2)c1. The lowest BCUT2D eigenvalue weighted by atomic mass is 10.3. The third-order valence-electron chi connectivity index (χ3n) is 1.98. The van der Waals surface area contributed by atoms with E-state index in [1.807, 2.05) is 13.0 Å². The predicted molar refractivity (Wildman–Crippen MR) is 53.8 cm³/mol. The van der Waals surface area contributed by atoms with E-state index in [0.717, 1.165) is 28.7 Å². The minimum absolute atomic E-state index is 0.565. The Morgan fingerprint density at radius 3 is 2.47 bits per heavy atom. The molecule has 0 saturated heterocycles. The summed E-state index contributed by atoms with van der Waals surface area (Å²) in [5.41, 5.74) is 1.74. The lowest BCUT2D eigenvalue weighted by Crippen LogP contribution is -2.00. The van der Waals surface area contributed by atoms with Crippen LogP contribution in [-0.2, 0) is 6.18 Å². The van der Waals surface area contributed by atoms with Crippen LogP contribution in [0.25, 0.3) is 10.6 Å². The van der Waals surface area contributed by atoms with Gasteiger partial charge in [-0.1, -0.05) is 0 Å². The molecule has 1 N–H and O–H groups in total. The second-order valence-corrected chi connectivity index (χ2v) is 4.34. The Bertz CT molecular complexity index is 467. The summed E-state index contributed by atoms with van der Waals surface area (Å²) < 4.78 is 37.0. The summed E-state index contributed by atoms with van der Waals surface area (Å²) >= 11 is 0.750. The first kappa shape index (κ1) is 10.3. The normalized spacial score (nSPS) is 12.0. The summed E-state index contributed by atoms with van der Waals surface area (Å²) in [7, 11) is 0.